The number of carbonyl (C=O) groups is 2. The molecular formula is C14H17NO4S. The van der Waals surface area contributed by atoms with E-state index in [1.165, 1.54) is 11.3 Å². The van der Waals surface area contributed by atoms with Gasteiger partial charge in [0.2, 0.25) is 5.91 Å². The van der Waals surface area contributed by atoms with Crippen LogP contribution in [0.2, 0.25) is 0 Å². The summed E-state index contributed by atoms with van der Waals surface area (Å²) < 4.78 is 5.38. The van der Waals surface area contributed by atoms with Gasteiger partial charge in [-0.2, -0.15) is 0 Å². The van der Waals surface area contributed by atoms with Crippen molar-refractivity contribution < 1.29 is 19.4 Å². The molecule has 1 saturated heterocycles. The zero-order chi connectivity index (χ0) is 14.5. The molecule has 108 valence electrons. The van der Waals surface area contributed by atoms with Gasteiger partial charge in [-0.1, -0.05) is 0 Å². The summed E-state index contributed by atoms with van der Waals surface area (Å²) in [6, 6.07) is 1.84. The van der Waals surface area contributed by atoms with Crippen LogP contribution in [0.25, 0.3) is 6.08 Å². The molecule has 1 aromatic heterocycles. The van der Waals surface area contributed by atoms with Crippen molar-refractivity contribution in [3.8, 4) is 0 Å². The summed E-state index contributed by atoms with van der Waals surface area (Å²) >= 11 is 1.50. The largest absolute Gasteiger partial charge is 0.478 e. The molecule has 1 aliphatic rings. The zero-order valence-electron chi connectivity index (χ0n) is 11.2. The maximum absolute atomic E-state index is 12.0. The Balaban J connectivity index is 1.89. The SMILES string of the molecule is CC1CC(C(=O)NCc2sccc2/C=C/C(=O)O)CO1. The van der Waals surface area contributed by atoms with E-state index in [2.05, 4.69) is 5.32 Å². The van der Waals surface area contributed by atoms with Gasteiger partial charge < -0.3 is 15.2 Å². The van der Waals surface area contributed by atoms with E-state index < -0.39 is 5.97 Å². The summed E-state index contributed by atoms with van der Waals surface area (Å²) in [5.41, 5.74) is 0.828. The fourth-order valence-corrected chi connectivity index (χ4v) is 2.92. The normalized spacial score (nSPS) is 22.2. The van der Waals surface area contributed by atoms with Crippen molar-refractivity contribution in [2.75, 3.05) is 6.61 Å². The van der Waals surface area contributed by atoms with E-state index in [0.717, 1.165) is 22.9 Å². The molecule has 2 N–H and O–H groups in total. The third kappa shape index (κ3) is 3.91. The Morgan fingerprint density at radius 1 is 1.60 bits per heavy atom. The lowest BCUT2D eigenvalue weighted by atomic mass is 10.1. The van der Waals surface area contributed by atoms with E-state index in [9.17, 15) is 9.59 Å². The van der Waals surface area contributed by atoms with Crippen LogP contribution in [-0.2, 0) is 20.9 Å². The number of hydrogen-bond donors (Lipinski definition) is 2. The number of ether oxygens (including phenoxy) is 1. The minimum Gasteiger partial charge on any atom is -0.478 e. The van der Waals surface area contributed by atoms with Crippen molar-refractivity contribution in [1.29, 1.82) is 0 Å². The van der Waals surface area contributed by atoms with Gasteiger partial charge in [-0.05, 0) is 36.4 Å². The number of thiophene rings is 1. The van der Waals surface area contributed by atoms with Gasteiger partial charge in [-0.25, -0.2) is 4.79 Å². The van der Waals surface area contributed by atoms with Gasteiger partial charge in [0.1, 0.15) is 0 Å². The molecule has 0 saturated carbocycles. The average Bonchev–Trinajstić information content (AvgIpc) is 3.02. The second kappa shape index (κ2) is 6.67. The highest BCUT2D eigenvalue weighted by atomic mass is 32.1. The molecule has 0 aromatic carbocycles. The molecule has 2 heterocycles. The third-order valence-corrected chi connectivity index (χ3v) is 4.11. The third-order valence-electron chi connectivity index (χ3n) is 3.18. The van der Waals surface area contributed by atoms with E-state index in [0.29, 0.717) is 13.2 Å². The van der Waals surface area contributed by atoms with Gasteiger partial charge >= 0.3 is 5.97 Å². The molecule has 0 radical (unpaired) electrons. The first-order valence-electron chi connectivity index (χ1n) is 6.43. The molecule has 1 aliphatic heterocycles. The first kappa shape index (κ1) is 14.7. The van der Waals surface area contributed by atoms with Crippen molar-refractivity contribution in [3.05, 3.63) is 28.0 Å². The predicted molar refractivity (Wildman–Crippen MR) is 76.4 cm³/mol. The van der Waals surface area contributed by atoms with Crippen LogP contribution < -0.4 is 5.32 Å². The number of aliphatic carboxylic acids is 1. The maximum Gasteiger partial charge on any atom is 0.328 e. The van der Waals surface area contributed by atoms with Gasteiger partial charge in [-0.15, -0.1) is 11.3 Å². The number of rotatable bonds is 5. The lowest BCUT2D eigenvalue weighted by molar-refractivity contribution is -0.131. The van der Waals surface area contributed by atoms with E-state index in [4.69, 9.17) is 9.84 Å². The Bertz CT molecular complexity index is 523. The highest BCUT2D eigenvalue weighted by molar-refractivity contribution is 7.10. The Morgan fingerprint density at radius 2 is 2.40 bits per heavy atom. The zero-order valence-corrected chi connectivity index (χ0v) is 12.0. The first-order valence-corrected chi connectivity index (χ1v) is 7.31. The van der Waals surface area contributed by atoms with Gasteiger partial charge in [0.15, 0.2) is 0 Å². The molecule has 2 rings (SSSR count). The second-order valence-electron chi connectivity index (χ2n) is 4.77. The van der Waals surface area contributed by atoms with Gasteiger partial charge in [0.25, 0.3) is 0 Å². The van der Waals surface area contributed by atoms with Crippen LogP contribution in [0.5, 0.6) is 0 Å². The molecular weight excluding hydrogens is 278 g/mol. The topological polar surface area (TPSA) is 75.6 Å². The number of nitrogens with one attached hydrogen (secondary N) is 1. The molecule has 2 unspecified atom stereocenters. The summed E-state index contributed by atoms with van der Waals surface area (Å²) in [5, 5.41) is 13.4. The van der Waals surface area contributed by atoms with Crippen molar-refractivity contribution >= 4 is 29.3 Å². The first-order chi connectivity index (χ1) is 9.56. The summed E-state index contributed by atoms with van der Waals surface area (Å²) in [4.78, 5) is 23.4. The quantitative estimate of drug-likeness (QED) is 0.813. The molecule has 2 atom stereocenters. The minimum atomic E-state index is -0.983. The number of carbonyl (C=O) groups excluding carboxylic acids is 1. The molecule has 20 heavy (non-hydrogen) atoms. The standard InChI is InChI=1S/C14H17NO4S/c1-9-6-11(8-19-9)14(18)15-7-12-10(4-5-20-12)2-3-13(16)17/h2-5,9,11H,6-8H2,1H3,(H,15,18)(H,16,17)/b3-2+. The number of carboxylic acid groups (broad SMARTS) is 1. The number of hydrogen-bond acceptors (Lipinski definition) is 4. The van der Waals surface area contributed by atoms with Gasteiger partial charge in [0, 0.05) is 11.0 Å². The highest BCUT2D eigenvalue weighted by Crippen LogP contribution is 2.21. The summed E-state index contributed by atoms with van der Waals surface area (Å²) in [7, 11) is 0. The van der Waals surface area contributed by atoms with Crippen LogP contribution >= 0.6 is 11.3 Å². The number of amides is 1. The van der Waals surface area contributed by atoms with Crippen LogP contribution in [0, 0.1) is 5.92 Å². The molecule has 0 aliphatic carbocycles. The van der Waals surface area contributed by atoms with E-state index in [-0.39, 0.29) is 17.9 Å². The Morgan fingerprint density at radius 3 is 3.05 bits per heavy atom. The van der Waals surface area contributed by atoms with Crippen molar-refractivity contribution in [2.24, 2.45) is 5.92 Å². The molecule has 1 aromatic rings. The van der Waals surface area contributed by atoms with Crippen LogP contribution in [0.1, 0.15) is 23.8 Å². The lowest BCUT2D eigenvalue weighted by Crippen LogP contribution is -2.30. The van der Waals surface area contributed by atoms with Crippen molar-refractivity contribution in [2.45, 2.75) is 26.0 Å². The second-order valence-corrected chi connectivity index (χ2v) is 5.77. The summed E-state index contributed by atoms with van der Waals surface area (Å²) in [5.74, 6) is -1.07. The maximum atomic E-state index is 12.0. The molecule has 0 spiro atoms. The van der Waals surface area contributed by atoms with Gasteiger partial charge in [-0.3, -0.25) is 4.79 Å². The predicted octanol–water partition coefficient (Wildman–Crippen LogP) is 1.89. The summed E-state index contributed by atoms with van der Waals surface area (Å²) in [6.45, 7) is 2.85. The molecule has 1 amide bonds. The van der Waals surface area contributed by atoms with Crippen LogP contribution in [0.15, 0.2) is 17.5 Å². The highest BCUT2D eigenvalue weighted by Gasteiger charge is 2.27. The van der Waals surface area contributed by atoms with Crippen LogP contribution in [0.4, 0.5) is 0 Å². The van der Waals surface area contributed by atoms with E-state index >= 15 is 0 Å². The smallest absolute Gasteiger partial charge is 0.328 e. The fraction of sp³-hybridized carbons (Fsp3) is 0.429. The fourth-order valence-electron chi connectivity index (χ4n) is 2.12. The Labute approximate surface area is 121 Å². The molecule has 0 bridgehead atoms. The molecule has 5 nitrogen and oxygen atoms in total. The van der Waals surface area contributed by atoms with Crippen LogP contribution in [-0.4, -0.2) is 29.7 Å². The van der Waals surface area contributed by atoms with Crippen molar-refractivity contribution in [1.82, 2.24) is 5.32 Å². The minimum absolute atomic E-state index is 0.00378. The molecule has 6 heteroatoms. The van der Waals surface area contributed by atoms with E-state index in [1.807, 2.05) is 18.4 Å². The van der Waals surface area contributed by atoms with Gasteiger partial charge in [0.05, 0.1) is 25.2 Å². The number of carboxylic acids is 1. The Kier molecular flexibility index (Phi) is 4.92. The lowest BCUT2D eigenvalue weighted by Gasteiger charge is -2.09. The molecule has 1 fully saturated rings. The Hall–Kier alpha value is -1.66. The van der Waals surface area contributed by atoms with Crippen LogP contribution in [0.3, 0.4) is 0 Å². The summed E-state index contributed by atoms with van der Waals surface area (Å²) in [6.07, 6.45) is 3.53. The average molecular weight is 295 g/mol. The van der Waals surface area contributed by atoms with E-state index in [1.54, 1.807) is 6.08 Å². The van der Waals surface area contributed by atoms with Crippen molar-refractivity contribution in [3.63, 3.8) is 0 Å². The monoisotopic (exact) mass is 295 g/mol.